The van der Waals surface area contributed by atoms with Gasteiger partial charge in [-0.25, -0.2) is 0 Å². The summed E-state index contributed by atoms with van der Waals surface area (Å²) in [4.78, 5) is 37.8. The molecule has 1 aromatic carbocycles. The molecule has 0 aromatic heterocycles. The Hall–Kier alpha value is -2.17. The third-order valence-electron chi connectivity index (χ3n) is 8.06. The Kier molecular flexibility index (Phi) is 4.52. The molecule has 154 valence electrons. The van der Waals surface area contributed by atoms with Gasteiger partial charge in [0.15, 0.2) is 0 Å². The Bertz CT molecular complexity index is 793. The summed E-state index contributed by atoms with van der Waals surface area (Å²) < 4.78 is 0. The summed E-state index contributed by atoms with van der Waals surface area (Å²) in [5, 5.41) is 3.30. The zero-order valence-corrected chi connectivity index (χ0v) is 17.2. The number of rotatable bonds is 5. The summed E-state index contributed by atoms with van der Waals surface area (Å²) in [6.45, 7) is 2.49. The highest BCUT2D eigenvalue weighted by atomic mass is 16.2. The van der Waals surface area contributed by atoms with Gasteiger partial charge in [-0.1, -0.05) is 12.1 Å². The van der Waals surface area contributed by atoms with Crippen LogP contribution in [0.1, 0.15) is 74.2 Å². The average molecular weight is 395 g/mol. The maximum absolute atomic E-state index is 12.9. The van der Waals surface area contributed by atoms with E-state index in [1.807, 2.05) is 24.3 Å². The molecule has 4 saturated carbocycles. The minimum absolute atomic E-state index is 0.0203. The largest absolute Gasteiger partial charge is 0.349 e. The Morgan fingerprint density at radius 2 is 1.52 bits per heavy atom. The van der Waals surface area contributed by atoms with Crippen molar-refractivity contribution in [2.45, 2.75) is 70.9 Å². The quantitative estimate of drug-likeness (QED) is 0.775. The van der Waals surface area contributed by atoms with Gasteiger partial charge < -0.3 is 5.32 Å². The molecule has 6 rings (SSSR count). The highest BCUT2D eigenvalue weighted by Crippen LogP contribution is 2.61. The fourth-order valence-corrected chi connectivity index (χ4v) is 6.88. The molecule has 5 fully saturated rings. The maximum Gasteiger partial charge on any atom is 0.251 e. The number of hydrogen-bond donors (Lipinski definition) is 1. The first-order valence-corrected chi connectivity index (χ1v) is 11.1. The van der Waals surface area contributed by atoms with Crippen molar-refractivity contribution in [1.82, 2.24) is 10.2 Å². The molecule has 0 unspecified atom stereocenters. The Morgan fingerprint density at radius 1 is 1.00 bits per heavy atom. The second kappa shape index (κ2) is 6.96. The molecule has 5 nitrogen and oxygen atoms in total. The predicted octanol–water partition coefficient (Wildman–Crippen LogP) is 3.67. The molecule has 1 aromatic rings. The number of nitrogens with one attached hydrogen (secondary N) is 1. The topological polar surface area (TPSA) is 66.5 Å². The lowest BCUT2D eigenvalue weighted by Gasteiger charge is -2.59. The van der Waals surface area contributed by atoms with E-state index in [4.69, 9.17) is 0 Å². The summed E-state index contributed by atoms with van der Waals surface area (Å²) in [5.41, 5.74) is 1.81. The summed E-state index contributed by atoms with van der Waals surface area (Å²) in [7, 11) is 0. The smallest absolute Gasteiger partial charge is 0.251 e. The van der Waals surface area contributed by atoms with Crippen LogP contribution in [0.15, 0.2) is 24.3 Å². The number of carbonyl (C=O) groups is 3. The Balaban J connectivity index is 1.23. The van der Waals surface area contributed by atoms with Crippen molar-refractivity contribution in [2.24, 2.45) is 23.2 Å². The van der Waals surface area contributed by atoms with E-state index in [0.29, 0.717) is 30.4 Å². The van der Waals surface area contributed by atoms with Gasteiger partial charge in [-0.15, -0.1) is 0 Å². The van der Waals surface area contributed by atoms with Gasteiger partial charge in [-0.05, 0) is 86.3 Å². The van der Waals surface area contributed by atoms with E-state index in [0.717, 1.165) is 23.3 Å². The highest BCUT2D eigenvalue weighted by Gasteiger charge is 2.53. The molecule has 1 saturated heterocycles. The fourth-order valence-electron chi connectivity index (χ4n) is 6.88. The van der Waals surface area contributed by atoms with E-state index in [-0.39, 0.29) is 23.8 Å². The number of hydrogen-bond acceptors (Lipinski definition) is 3. The van der Waals surface area contributed by atoms with Gasteiger partial charge in [0.1, 0.15) is 0 Å². The van der Waals surface area contributed by atoms with Crippen molar-refractivity contribution in [2.75, 3.05) is 0 Å². The molecule has 29 heavy (non-hydrogen) atoms. The summed E-state index contributed by atoms with van der Waals surface area (Å²) >= 11 is 0. The fraction of sp³-hybridized carbons (Fsp3) is 0.625. The Labute approximate surface area is 172 Å². The van der Waals surface area contributed by atoms with Crippen LogP contribution in [-0.2, 0) is 16.1 Å². The maximum atomic E-state index is 12.9. The lowest BCUT2D eigenvalue weighted by molar-refractivity contribution is -0.139. The first-order chi connectivity index (χ1) is 13.9. The van der Waals surface area contributed by atoms with Crippen LogP contribution in [0.25, 0.3) is 0 Å². The van der Waals surface area contributed by atoms with Crippen LogP contribution in [0, 0.1) is 23.2 Å². The van der Waals surface area contributed by atoms with Crippen molar-refractivity contribution >= 4 is 17.7 Å². The van der Waals surface area contributed by atoms with Crippen molar-refractivity contribution < 1.29 is 14.4 Å². The number of benzene rings is 1. The van der Waals surface area contributed by atoms with Crippen LogP contribution in [0.4, 0.5) is 0 Å². The lowest BCUT2D eigenvalue weighted by atomic mass is 9.48. The summed E-state index contributed by atoms with van der Waals surface area (Å²) in [5.74, 6) is 2.37. The minimum Gasteiger partial charge on any atom is -0.349 e. The Morgan fingerprint density at radius 3 is 2.03 bits per heavy atom. The third-order valence-corrected chi connectivity index (χ3v) is 8.06. The van der Waals surface area contributed by atoms with E-state index in [1.54, 1.807) is 0 Å². The van der Waals surface area contributed by atoms with Crippen LogP contribution in [0.5, 0.6) is 0 Å². The first kappa shape index (κ1) is 18.8. The second-order valence-electron chi connectivity index (χ2n) is 10.0. The van der Waals surface area contributed by atoms with Gasteiger partial charge in [0.25, 0.3) is 5.91 Å². The van der Waals surface area contributed by atoms with E-state index in [1.165, 1.54) is 43.4 Å². The molecule has 4 aliphatic carbocycles. The number of carbonyl (C=O) groups excluding carboxylic acids is 3. The van der Waals surface area contributed by atoms with Crippen LogP contribution in [0.2, 0.25) is 0 Å². The molecule has 3 amide bonds. The molecule has 0 spiro atoms. The molecule has 1 atom stereocenters. The number of amides is 3. The van der Waals surface area contributed by atoms with Crippen molar-refractivity contribution in [1.29, 1.82) is 0 Å². The zero-order valence-electron chi connectivity index (χ0n) is 17.2. The first-order valence-electron chi connectivity index (χ1n) is 11.1. The van der Waals surface area contributed by atoms with Crippen LogP contribution >= 0.6 is 0 Å². The lowest BCUT2D eigenvalue weighted by Crippen LogP contribution is -2.55. The molecular formula is C24H30N2O3. The standard InChI is InChI=1S/C24H30N2O3/c1-15(24-11-17-8-18(12-24)10-19(9-17)13-24)25-23(29)20-4-2-16(3-5-20)14-26-21(27)6-7-22(26)28/h2-5,15,17-19H,6-14H2,1H3,(H,25,29)/t15-,17?,18?,19?,24?/m1/s1. The van der Waals surface area contributed by atoms with Crippen molar-refractivity contribution in [3.63, 3.8) is 0 Å². The normalized spacial score (nSPS) is 34.0. The number of imide groups is 1. The van der Waals surface area contributed by atoms with Gasteiger partial charge in [0, 0.05) is 24.4 Å². The van der Waals surface area contributed by atoms with Crippen molar-refractivity contribution in [3.05, 3.63) is 35.4 Å². The van der Waals surface area contributed by atoms with Gasteiger partial charge in [-0.2, -0.15) is 0 Å². The molecule has 5 aliphatic rings. The van der Waals surface area contributed by atoms with E-state index in [2.05, 4.69) is 12.2 Å². The molecule has 5 heteroatoms. The van der Waals surface area contributed by atoms with Gasteiger partial charge in [-0.3, -0.25) is 19.3 Å². The molecule has 1 heterocycles. The molecule has 4 bridgehead atoms. The van der Waals surface area contributed by atoms with Crippen molar-refractivity contribution in [3.8, 4) is 0 Å². The highest BCUT2D eigenvalue weighted by molar-refractivity contribution is 6.01. The van der Waals surface area contributed by atoms with Crippen LogP contribution < -0.4 is 5.32 Å². The van der Waals surface area contributed by atoms with E-state index >= 15 is 0 Å². The minimum atomic E-state index is -0.110. The van der Waals surface area contributed by atoms with Gasteiger partial charge in [0.2, 0.25) is 11.8 Å². The van der Waals surface area contributed by atoms with Gasteiger partial charge in [0.05, 0.1) is 6.54 Å². The monoisotopic (exact) mass is 394 g/mol. The molecule has 1 aliphatic heterocycles. The van der Waals surface area contributed by atoms with Crippen LogP contribution in [-0.4, -0.2) is 28.7 Å². The van der Waals surface area contributed by atoms with Crippen LogP contribution in [0.3, 0.4) is 0 Å². The summed E-state index contributed by atoms with van der Waals surface area (Å²) in [6.07, 6.45) is 8.66. The number of likely N-dealkylation sites (tertiary alicyclic amines) is 1. The van der Waals surface area contributed by atoms with E-state index < -0.39 is 0 Å². The molecule has 0 radical (unpaired) electrons. The molecule has 1 N–H and O–H groups in total. The summed E-state index contributed by atoms with van der Waals surface area (Å²) in [6, 6.07) is 7.51. The predicted molar refractivity (Wildman–Crippen MR) is 109 cm³/mol. The average Bonchev–Trinajstić information content (AvgIpc) is 2.99. The number of nitrogens with zero attached hydrogens (tertiary/aromatic N) is 1. The van der Waals surface area contributed by atoms with E-state index in [9.17, 15) is 14.4 Å². The van der Waals surface area contributed by atoms with Gasteiger partial charge >= 0.3 is 0 Å². The third kappa shape index (κ3) is 3.38. The zero-order chi connectivity index (χ0) is 20.2. The SMILES string of the molecule is C[C@@H](NC(=O)c1ccc(CN2C(=O)CCC2=O)cc1)C12CC3CC(CC(C3)C1)C2. The molecular weight excluding hydrogens is 364 g/mol. The second-order valence-corrected chi connectivity index (χ2v) is 10.0.